The molecule has 0 radical (unpaired) electrons. The third-order valence-electron chi connectivity index (χ3n) is 4.53. The van der Waals surface area contributed by atoms with Gasteiger partial charge in [-0.05, 0) is 31.0 Å². The van der Waals surface area contributed by atoms with E-state index in [4.69, 9.17) is 9.47 Å². The summed E-state index contributed by atoms with van der Waals surface area (Å²) in [5, 5.41) is 0. The van der Waals surface area contributed by atoms with E-state index < -0.39 is 0 Å². The average molecular weight is 325 g/mol. The maximum absolute atomic E-state index is 12.8. The van der Waals surface area contributed by atoms with Crippen LogP contribution in [0.5, 0.6) is 5.88 Å². The molecule has 6 heteroatoms. The number of aromatic nitrogens is 2. The predicted molar refractivity (Wildman–Crippen MR) is 86.7 cm³/mol. The van der Waals surface area contributed by atoms with E-state index in [-0.39, 0.29) is 24.2 Å². The van der Waals surface area contributed by atoms with E-state index in [1.165, 1.54) is 0 Å². The minimum Gasteiger partial charge on any atom is -0.470 e. The molecule has 124 valence electrons. The molecule has 2 aromatic rings. The van der Waals surface area contributed by atoms with Gasteiger partial charge in [0, 0.05) is 25.1 Å². The molecule has 0 N–H and O–H groups in total. The summed E-state index contributed by atoms with van der Waals surface area (Å²) >= 11 is 0. The van der Waals surface area contributed by atoms with E-state index in [0.29, 0.717) is 24.7 Å². The lowest BCUT2D eigenvalue weighted by Crippen LogP contribution is -2.44. The van der Waals surface area contributed by atoms with Crippen LogP contribution < -0.4 is 4.74 Å². The lowest BCUT2D eigenvalue weighted by atomic mass is 10.0. The molecule has 4 heterocycles. The first kappa shape index (κ1) is 15.1. The Kier molecular flexibility index (Phi) is 4.13. The van der Waals surface area contributed by atoms with Crippen molar-refractivity contribution in [3.63, 3.8) is 0 Å². The molecule has 0 aromatic carbocycles. The van der Waals surface area contributed by atoms with E-state index >= 15 is 0 Å². The second kappa shape index (κ2) is 6.57. The molecule has 24 heavy (non-hydrogen) atoms. The highest BCUT2D eigenvalue weighted by atomic mass is 16.5. The molecule has 2 fully saturated rings. The Morgan fingerprint density at radius 2 is 2.00 bits per heavy atom. The largest absolute Gasteiger partial charge is 0.470 e. The van der Waals surface area contributed by atoms with Gasteiger partial charge < -0.3 is 14.4 Å². The normalized spacial score (nSPS) is 26.0. The van der Waals surface area contributed by atoms with E-state index in [9.17, 15) is 4.79 Å². The molecule has 2 aromatic heterocycles. The van der Waals surface area contributed by atoms with Crippen LogP contribution in [-0.2, 0) is 4.74 Å². The molecule has 3 atom stereocenters. The van der Waals surface area contributed by atoms with Gasteiger partial charge in [-0.1, -0.05) is 12.1 Å². The Bertz CT molecular complexity index is 695. The highest BCUT2D eigenvalue weighted by molar-refractivity contribution is 5.92. The number of likely N-dealkylation sites (tertiary alicyclic amines) is 1. The summed E-state index contributed by atoms with van der Waals surface area (Å²) in [4.78, 5) is 23.1. The van der Waals surface area contributed by atoms with Crippen molar-refractivity contribution in [3.05, 3.63) is 54.5 Å². The summed E-state index contributed by atoms with van der Waals surface area (Å²) in [6, 6.07) is 11.0. The van der Waals surface area contributed by atoms with Crippen molar-refractivity contribution in [2.75, 3.05) is 13.2 Å². The maximum atomic E-state index is 12.8. The summed E-state index contributed by atoms with van der Waals surface area (Å²) in [5.41, 5.74) is 0.459. The number of hydrogen-bond donors (Lipinski definition) is 0. The van der Waals surface area contributed by atoms with Crippen LogP contribution in [0.25, 0.3) is 0 Å². The Balaban J connectivity index is 1.56. The number of rotatable bonds is 3. The van der Waals surface area contributed by atoms with Crippen molar-refractivity contribution in [1.29, 1.82) is 0 Å². The zero-order chi connectivity index (χ0) is 16.4. The van der Waals surface area contributed by atoms with Crippen LogP contribution in [0.4, 0.5) is 0 Å². The van der Waals surface area contributed by atoms with Crippen molar-refractivity contribution in [1.82, 2.24) is 14.9 Å². The van der Waals surface area contributed by atoms with Crippen molar-refractivity contribution in [3.8, 4) is 5.88 Å². The molecule has 6 nitrogen and oxygen atoms in total. The van der Waals surface area contributed by atoms with Crippen LogP contribution in [-0.4, -0.2) is 52.2 Å². The van der Waals surface area contributed by atoms with E-state index in [0.717, 1.165) is 12.8 Å². The molecular weight excluding hydrogens is 306 g/mol. The molecule has 0 saturated carbocycles. The van der Waals surface area contributed by atoms with Crippen molar-refractivity contribution < 1.29 is 14.3 Å². The van der Waals surface area contributed by atoms with Gasteiger partial charge in [0.1, 0.15) is 17.9 Å². The number of ether oxygens (including phenoxy) is 2. The van der Waals surface area contributed by atoms with Gasteiger partial charge in [0.05, 0.1) is 12.6 Å². The van der Waals surface area contributed by atoms with Crippen molar-refractivity contribution >= 4 is 5.91 Å². The summed E-state index contributed by atoms with van der Waals surface area (Å²) in [7, 11) is 0. The monoisotopic (exact) mass is 325 g/mol. The van der Waals surface area contributed by atoms with Crippen LogP contribution in [0.1, 0.15) is 23.3 Å². The standard InChI is InChI=1S/C18H19N3O3/c22-18(13-6-1-3-9-19-13)21-12-15(17-14(21)7-5-11-23-17)24-16-8-2-4-10-20-16/h1-4,6,8-10,14-15,17H,5,7,11-12H2/t14-,15+,17+/m0/s1. The Morgan fingerprint density at radius 1 is 1.17 bits per heavy atom. The molecule has 0 bridgehead atoms. The first-order chi connectivity index (χ1) is 11.8. The fourth-order valence-corrected chi connectivity index (χ4v) is 3.45. The second-order valence-electron chi connectivity index (χ2n) is 6.04. The highest BCUT2D eigenvalue weighted by Crippen LogP contribution is 2.32. The zero-order valence-electron chi connectivity index (χ0n) is 13.2. The molecule has 2 aliphatic rings. The van der Waals surface area contributed by atoms with Crippen molar-refractivity contribution in [2.45, 2.75) is 31.1 Å². The molecule has 1 amide bonds. The van der Waals surface area contributed by atoms with Gasteiger partial charge in [0.25, 0.3) is 5.91 Å². The molecule has 0 unspecified atom stereocenters. The third kappa shape index (κ3) is 2.85. The number of amides is 1. The van der Waals surface area contributed by atoms with Gasteiger partial charge in [-0.2, -0.15) is 0 Å². The molecule has 2 saturated heterocycles. The summed E-state index contributed by atoms with van der Waals surface area (Å²) < 4.78 is 11.9. The lowest BCUT2D eigenvalue weighted by molar-refractivity contribution is -0.0455. The van der Waals surface area contributed by atoms with Crippen LogP contribution >= 0.6 is 0 Å². The SMILES string of the molecule is O=C(c1ccccn1)N1C[C@@H](Oc2ccccn2)[C@@H]2OCCC[C@@H]21. The number of fused-ring (bicyclic) bond motifs is 1. The van der Waals surface area contributed by atoms with Gasteiger partial charge >= 0.3 is 0 Å². The van der Waals surface area contributed by atoms with Gasteiger partial charge in [-0.25, -0.2) is 4.98 Å². The second-order valence-corrected chi connectivity index (χ2v) is 6.04. The van der Waals surface area contributed by atoms with E-state index in [1.807, 2.05) is 29.2 Å². The predicted octanol–water partition coefficient (Wildman–Crippen LogP) is 1.93. The third-order valence-corrected chi connectivity index (χ3v) is 4.53. The van der Waals surface area contributed by atoms with Gasteiger partial charge in [-0.3, -0.25) is 9.78 Å². The van der Waals surface area contributed by atoms with Crippen LogP contribution in [0.3, 0.4) is 0 Å². The number of carbonyl (C=O) groups excluding carboxylic acids is 1. The van der Waals surface area contributed by atoms with Gasteiger partial charge in [-0.15, -0.1) is 0 Å². The molecule has 2 aliphatic heterocycles. The smallest absolute Gasteiger partial charge is 0.272 e. The fourth-order valence-electron chi connectivity index (χ4n) is 3.45. The number of nitrogens with zero attached hydrogens (tertiary/aromatic N) is 3. The molecule has 0 spiro atoms. The summed E-state index contributed by atoms with van der Waals surface area (Å²) in [6.07, 6.45) is 4.88. The Morgan fingerprint density at radius 3 is 2.75 bits per heavy atom. The molecule has 4 rings (SSSR count). The number of hydrogen-bond acceptors (Lipinski definition) is 5. The van der Waals surface area contributed by atoms with E-state index in [1.54, 1.807) is 24.5 Å². The van der Waals surface area contributed by atoms with Crippen molar-refractivity contribution in [2.24, 2.45) is 0 Å². The average Bonchev–Trinajstić information content (AvgIpc) is 3.01. The molecule has 0 aliphatic carbocycles. The Labute approximate surface area is 140 Å². The lowest BCUT2D eigenvalue weighted by Gasteiger charge is -2.31. The number of pyridine rings is 2. The zero-order valence-corrected chi connectivity index (χ0v) is 13.2. The fraction of sp³-hybridized carbons (Fsp3) is 0.389. The quantitative estimate of drug-likeness (QED) is 0.863. The first-order valence-electron chi connectivity index (χ1n) is 8.24. The summed E-state index contributed by atoms with van der Waals surface area (Å²) in [6.45, 7) is 1.19. The van der Waals surface area contributed by atoms with Crippen LogP contribution in [0.15, 0.2) is 48.8 Å². The van der Waals surface area contributed by atoms with Crippen LogP contribution in [0.2, 0.25) is 0 Å². The molecular formula is C18H19N3O3. The van der Waals surface area contributed by atoms with E-state index in [2.05, 4.69) is 9.97 Å². The Hall–Kier alpha value is -2.47. The van der Waals surface area contributed by atoms with Gasteiger partial charge in [0.2, 0.25) is 5.88 Å². The summed E-state index contributed by atoms with van der Waals surface area (Å²) in [5.74, 6) is 0.491. The maximum Gasteiger partial charge on any atom is 0.272 e. The minimum atomic E-state index is -0.210. The van der Waals surface area contributed by atoms with Gasteiger partial charge in [0.15, 0.2) is 0 Å². The topological polar surface area (TPSA) is 64.6 Å². The van der Waals surface area contributed by atoms with Crippen LogP contribution in [0, 0.1) is 0 Å². The minimum absolute atomic E-state index is 0.0296. The first-order valence-corrected chi connectivity index (χ1v) is 8.24. The number of carbonyl (C=O) groups is 1. The highest BCUT2D eigenvalue weighted by Gasteiger charge is 2.47.